The second-order valence-corrected chi connectivity index (χ2v) is 6.33. The Morgan fingerprint density at radius 3 is 2.86 bits per heavy atom. The number of aryl methyl sites for hydroxylation is 1. The summed E-state index contributed by atoms with van der Waals surface area (Å²) < 4.78 is 0.988. The minimum Gasteiger partial charge on any atom is -0.319 e. The number of nitrogens with one attached hydrogen (secondary N) is 1. The molecule has 3 aromatic rings. The molecule has 0 aliphatic carbocycles. The fourth-order valence-corrected chi connectivity index (χ4v) is 3.65. The number of anilines is 1. The highest BCUT2D eigenvalue weighted by atomic mass is 35.5. The van der Waals surface area contributed by atoms with Crippen LogP contribution in [0.25, 0.3) is 10.1 Å². The Morgan fingerprint density at radius 1 is 1.29 bits per heavy atom. The topological polar surface area (TPSA) is 42.0 Å². The quantitative estimate of drug-likeness (QED) is 0.656. The first-order valence-corrected chi connectivity index (χ1v) is 7.74. The summed E-state index contributed by atoms with van der Waals surface area (Å²) in [4.78, 5) is 16.8. The average molecular weight is 337 g/mol. The van der Waals surface area contributed by atoms with Crippen molar-refractivity contribution in [3.63, 3.8) is 0 Å². The molecule has 3 nitrogen and oxygen atoms in total. The normalized spacial score (nSPS) is 10.8. The van der Waals surface area contributed by atoms with Crippen LogP contribution in [0, 0.1) is 6.92 Å². The molecule has 0 unspecified atom stereocenters. The molecule has 106 valence electrons. The van der Waals surface area contributed by atoms with Crippen molar-refractivity contribution in [2.24, 2.45) is 0 Å². The number of hydrogen-bond donors (Lipinski definition) is 1. The van der Waals surface area contributed by atoms with Crippen molar-refractivity contribution < 1.29 is 4.79 Å². The van der Waals surface area contributed by atoms with Crippen LogP contribution in [0.4, 0.5) is 5.69 Å². The van der Waals surface area contributed by atoms with Crippen molar-refractivity contribution in [1.29, 1.82) is 0 Å². The van der Waals surface area contributed by atoms with Crippen LogP contribution in [-0.2, 0) is 0 Å². The molecule has 2 aromatic heterocycles. The van der Waals surface area contributed by atoms with Crippen LogP contribution in [0.1, 0.15) is 15.2 Å². The second-order valence-electron chi connectivity index (χ2n) is 4.54. The van der Waals surface area contributed by atoms with Gasteiger partial charge in [0.1, 0.15) is 4.88 Å². The predicted octanol–water partition coefficient (Wildman–Crippen LogP) is 5.16. The van der Waals surface area contributed by atoms with Gasteiger partial charge in [0.05, 0.1) is 10.7 Å². The number of aromatic nitrogens is 1. The van der Waals surface area contributed by atoms with Gasteiger partial charge in [0.15, 0.2) is 5.15 Å². The highest BCUT2D eigenvalue weighted by Gasteiger charge is 2.18. The van der Waals surface area contributed by atoms with Crippen LogP contribution < -0.4 is 5.32 Å². The second kappa shape index (κ2) is 5.64. The number of hydrogen-bond acceptors (Lipinski definition) is 3. The molecule has 0 atom stereocenters. The van der Waals surface area contributed by atoms with Gasteiger partial charge in [-0.2, -0.15) is 0 Å². The highest BCUT2D eigenvalue weighted by molar-refractivity contribution is 7.21. The van der Waals surface area contributed by atoms with E-state index in [1.807, 2.05) is 25.1 Å². The van der Waals surface area contributed by atoms with Gasteiger partial charge >= 0.3 is 0 Å². The van der Waals surface area contributed by atoms with E-state index in [1.165, 1.54) is 11.3 Å². The smallest absolute Gasteiger partial charge is 0.267 e. The maximum atomic E-state index is 12.4. The highest BCUT2D eigenvalue weighted by Crippen LogP contribution is 2.36. The summed E-state index contributed by atoms with van der Waals surface area (Å²) in [5.74, 6) is -0.284. The van der Waals surface area contributed by atoms with Gasteiger partial charge in [0.25, 0.3) is 5.91 Å². The number of thiophene rings is 1. The van der Waals surface area contributed by atoms with Crippen molar-refractivity contribution in [3.05, 3.63) is 57.1 Å². The Labute approximate surface area is 135 Å². The molecule has 1 aromatic carbocycles. The Hall–Kier alpha value is -1.62. The zero-order chi connectivity index (χ0) is 15.0. The number of halogens is 2. The van der Waals surface area contributed by atoms with E-state index < -0.39 is 0 Å². The summed E-state index contributed by atoms with van der Waals surface area (Å²) in [6, 6.07) is 9.31. The Kier molecular flexibility index (Phi) is 3.85. The third kappa shape index (κ3) is 2.75. The monoisotopic (exact) mass is 336 g/mol. The van der Waals surface area contributed by atoms with Crippen LogP contribution in [0.2, 0.25) is 10.2 Å². The first kappa shape index (κ1) is 14.3. The van der Waals surface area contributed by atoms with Crippen molar-refractivity contribution >= 4 is 56.2 Å². The number of carbonyl (C=O) groups excluding carboxylic acids is 1. The molecule has 0 bridgehead atoms. The van der Waals surface area contributed by atoms with E-state index in [9.17, 15) is 4.79 Å². The molecular formula is C15H10Cl2N2OS. The van der Waals surface area contributed by atoms with Gasteiger partial charge in [-0.3, -0.25) is 4.79 Å². The molecule has 0 radical (unpaired) electrons. The lowest BCUT2D eigenvalue weighted by Gasteiger charge is -2.04. The number of pyridine rings is 1. The summed E-state index contributed by atoms with van der Waals surface area (Å²) in [5, 5.41) is 4.33. The van der Waals surface area contributed by atoms with Crippen LogP contribution in [0.15, 0.2) is 36.5 Å². The molecule has 1 amide bonds. The lowest BCUT2D eigenvalue weighted by molar-refractivity contribution is 0.103. The van der Waals surface area contributed by atoms with E-state index in [-0.39, 0.29) is 11.1 Å². The maximum absolute atomic E-state index is 12.4. The molecule has 21 heavy (non-hydrogen) atoms. The third-order valence-electron chi connectivity index (χ3n) is 3.00. The van der Waals surface area contributed by atoms with E-state index in [4.69, 9.17) is 23.2 Å². The number of rotatable bonds is 2. The molecule has 2 heterocycles. The standard InChI is InChI=1S/C15H10Cl2N2OS/c1-8-4-5-9-11(7-8)21-13(12(9)16)15(20)19-10-3-2-6-18-14(10)17/h2-7H,1H3,(H,19,20). The summed E-state index contributed by atoms with van der Waals surface area (Å²) in [6.07, 6.45) is 1.56. The van der Waals surface area contributed by atoms with E-state index in [0.29, 0.717) is 15.6 Å². The van der Waals surface area contributed by atoms with E-state index in [1.54, 1.807) is 18.3 Å². The predicted molar refractivity (Wildman–Crippen MR) is 88.8 cm³/mol. The number of benzene rings is 1. The minimum absolute atomic E-state index is 0.249. The largest absolute Gasteiger partial charge is 0.319 e. The third-order valence-corrected chi connectivity index (χ3v) is 4.96. The minimum atomic E-state index is -0.284. The van der Waals surface area contributed by atoms with Gasteiger partial charge in [-0.25, -0.2) is 4.98 Å². The Bertz CT molecular complexity index is 845. The van der Waals surface area contributed by atoms with Gasteiger partial charge < -0.3 is 5.32 Å². The zero-order valence-electron chi connectivity index (χ0n) is 11.0. The molecule has 0 fully saturated rings. The summed E-state index contributed by atoms with van der Waals surface area (Å²) in [7, 11) is 0. The maximum Gasteiger partial charge on any atom is 0.267 e. The molecule has 0 aliphatic heterocycles. The van der Waals surface area contributed by atoms with Crippen molar-refractivity contribution in [2.45, 2.75) is 6.92 Å². The fraction of sp³-hybridized carbons (Fsp3) is 0.0667. The Balaban J connectivity index is 1.98. The first-order valence-electron chi connectivity index (χ1n) is 6.17. The SMILES string of the molecule is Cc1ccc2c(Cl)c(C(=O)Nc3cccnc3Cl)sc2c1. The molecular weight excluding hydrogens is 327 g/mol. The molecule has 0 spiro atoms. The van der Waals surface area contributed by atoms with Gasteiger partial charge in [0, 0.05) is 16.3 Å². The number of fused-ring (bicyclic) bond motifs is 1. The Morgan fingerprint density at radius 2 is 2.10 bits per heavy atom. The van der Waals surface area contributed by atoms with E-state index in [2.05, 4.69) is 10.3 Å². The molecule has 0 saturated heterocycles. The van der Waals surface area contributed by atoms with Crippen molar-refractivity contribution in [3.8, 4) is 0 Å². The fourth-order valence-electron chi connectivity index (χ4n) is 1.98. The van der Waals surface area contributed by atoms with Gasteiger partial charge in [0.2, 0.25) is 0 Å². The zero-order valence-corrected chi connectivity index (χ0v) is 13.3. The molecule has 6 heteroatoms. The average Bonchev–Trinajstić information content (AvgIpc) is 2.78. The summed E-state index contributed by atoms with van der Waals surface area (Å²) in [6.45, 7) is 2.00. The number of nitrogens with zero attached hydrogens (tertiary/aromatic N) is 1. The molecule has 3 rings (SSSR count). The van der Waals surface area contributed by atoms with E-state index in [0.717, 1.165) is 15.6 Å². The van der Waals surface area contributed by atoms with Crippen molar-refractivity contribution in [1.82, 2.24) is 4.98 Å². The molecule has 1 N–H and O–H groups in total. The van der Waals surface area contributed by atoms with Crippen LogP contribution in [0.3, 0.4) is 0 Å². The first-order chi connectivity index (χ1) is 10.1. The van der Waals surface area contributed by atoms with Crippen molar-refractivity contribution in [2.75, 3.05) is 5.32 Å². The van der Waals surface area contributed by atoms with Crippen LogP contribution >= 0.6 is 34.5 Å². The van der Waals surface area contributed by atoms with Crippen LogP contribution in [-0.4, -0.2) is 10.9 Å². The number of carbonyl (C=O) groups is 1. The van der Waals surface area contributed by atoms with Gasteiger partial charge in [-0.05, 0) is 30.7 Å². The summed E-state index contributed by atoms with van der Waals surface area (Å²) >= 11 is 13.6. The van der Waals surface area contributed by atoms with Gasteiger partial charge in [-0.1, -0.05) is 35.3 Å². The molecule has 0 saturated carbocycles. The van der Waals surface area contributed by atoms with Crippen LogP contribution in [0.5, 0.6) is 0 Å². The summed E-state index contributed by atoms with van der Waals surface area (Å²) in [5.41, 5.74) is 1.59. The lowest BCUT2D eigenvalue weighted by atomic mass is 10.2. The number of amides is 1. The molecule has 0 aliphatic rings. The lowest BCUT2D eigenvalue weighted by Crippen LogP contribution is -2.11. The van der Waals surface area contributed by atoms with Gasteiger partial charge in [-0.15, -0.1) is 11.3 Å². The van der Waals surface area contributed by atoms with E-state index >= 15 is 0 Å².